The summed E-state index contributed by atoms with van der Waals surface area (Å²) in [5.41, 5.74) is 8.66. The fourth-order valence-corrected chi connectivity index (χ4v) is 2.61. The lowest BCUT2D eigenvalue weighted by molar-refractivity contribution is 1.50. The van der Waals surface area contributed by atoms with Crippen molar-refractivity contribution < 1.29 is 0 Å². The fourth-order valence-electron chi connectivity index (χ4n) is 1.38. The van der Waals surface area contributed by atoms with Crippen molar-refractivity contribution in [1.29, 1.82) is 0 Å². The Bertz CT molecular complexity index is 558. The molecule has 0 unspecified atom stereocenters. The second-order valence-electron chi connectivity index (χ2n) is 3.49. The molecule has 5 heteroatoms. The maximum Gasteiger partial charge on any atom is 0.0618 e. The predicted octanol–water partition coefficient (Wildman–Crippen LogP) is 4.98. The molecule has 2 aromatic rings. The van der Waals surface area contributed by atoms with Crippen molar-refractivity contribution in [2.24, 2.45) is 0 Å². The molecule has 0 saturated heterocycles. The predicted molar refractivity (Wildman–Crippen MR) is 93.7 cm³/mol. The van der Waals surface area contributed by atoms with E-state index in [0.717, 1.165) is 25.1 Å². The minimum Gasteiger partial charge on any atom is -0.397 e. The van der Waals surface area contributed by atoms with Gasteiger partial charge in [-0.2, -0.15) is 0 Å². The Labute approximate surface area is 136 Å². The highest BCUT2D eigenvalue weighted by Gasteiger charge is 2.02. The number of rotatable bonds is 2. The van der Waals surface area contributed by atoms with Crippen LogP contribution in [0.4, 0.5) is 17.1 Å². The van der Waals surface area contributed by atoms with Crippen LogP contribution in [0.1, 0.15) is 0 Å². The summed E-state index contributed by atoms with van der Waals surface area (Å²) in [4.78, 5) is 0. The molecule has 0 bridgehead atoms. The van der Waals surface area contributed by atoms with Crippen LogP contribution in [0, 0.1) is 7.14 Å². The maximum atomic E-state index is 5.96. The van der Waals surface area contributed by atoms with Crippen LogP contribution in [0.5, 0.6) is 0 Å². The van der Waals surface area contributed by atoms with Crippen molar-refractivity contribution in [3.05, 3.63) is 48.0 Å². The van der Waals surface area contributed by atoms with Gasteiger partial charge in [-0.3, -0.25) is 0 Å². The van der Waals surface area contributed by atoms with Gasteiger partial charge in [-0.25, -0.2) is 0 Å². The molecule has 0 spiro atoms. The van der Waals surface area contributed by atoms with E-state index in [0.29, 0.717) is 0 Å². The molecule has 0 aromatic heterocycles. The standard InChI is InChI=1S/C12H9BrI2N2/c13-9-6-8(2-3-10(9)15)17-12-4-1-7(14)5-11(12)16/h1-6,17H,16H2. The molecule has 0 aliphatic rings. The third-order valence-corrected chi connectivity index (χ3v) is 5.22. The van der Waals surface area contributed by atoms with E-state index in [9.17, 15) is 0 Å². The van der Waals surface area contributed by atoms with Crippen molar-refractivity contribution in [2.45, 2.75) is 0 Å². The van der Waals surface area contributed by atoms with Crippen LogP contribution in [0.25, 0.3) is 0 Å². The lowest BCUT2D eigenvalue weighted by Gasteiger charge is -2.10. The number of hydrogen-bond acceptors (Lipinski definition) is 2. The molecular formula is C12H9BrI2N2. The van der Waals surface area contributed by atoms with Crippen LogP contribution in [0.3, 0.4) is 0 Å². The zero-order valence-electron chi connectivity index (χ0n) is 8.68. The lowest BCUT2D eigenvalue weighted by atomic mass is 10.2. The number of benzene rings is 2. The summed E-state index contributed by atoms with van der Waals surface area (Å²) in [5.74, 6) is 0. The van der Waals surface area contributed by atoms with Crippen molar-refractivity contribution in [1.82, 2.24) is 0 Å². The second-order valence-corrected chi connectivity index (χ2v) is 6.75. The molecule has 3 N–H and O–H groups in total. The van der Waals surface area contributed by atoms with E-state index in [1.807, 2.05) is 30.3 Å². The van der Waals surface area contributed by atoms with Gasteiger partial charge in [0.05, 0.1) is 11.4 Å². The lowest BCUT2D eigenvalue weighted by Crippen LogP contribution is -1.96. The smallest absolute Gasteiger partial charge is 0.0618 e. The molecule has 0 heterocycles. The Morgan fingerprint density at radius 1 is 1.06 bits per heavy atom. The fraction of sp³-hybridized carbons (Fsp3) is 0. The molecule has 88 valence electrons. The molecule has 0 radical (unpaired) electrons. The van der Waals surface area contributed by atoms with Gasteiger partial charge in [0.25, 0.3) is 0 Å². The van der Waals surface area contributed by atoms with Gasteiger partial charge in [0.2, 0.25) is 0 Å². The summed E-state index contributed by atoms with van der Waals surface area (Å²) in [6.45, 7) is 0. The van der Waals surface area contributed by atoms with Crippen LogP contribution in [-0.2, 0) is 0 Å². The van der Waals surface area contributed by atoms with Gasteiger partial charge in [0.1, 0.15) is 0 Å². The highest BCUT2D eigenvalue weighted by molar-refractivity contribution is 14.1. The Morgan fingerprint density at radius 2 is 1.82 bits per heavy atom. The number of hydrogen-bond donors (Lipinski definition) is 2. The average molecular weight is 515 g/mol. The monoisotopic (exact) mass is 514 g/mol. The molecule has 0 amide bonds. The first-order valence-electron chi connectivity index (χ1n) is 4.83. The van der Waals surface area contributed by atoms with Gasteiger partial charge in [-0.1, -0.05) is 0 Å². The van der Waals surface area contributed by atoms with Gasteiger partial charge in [-0.05, 0) is 97.5 Å². The Balaban J connectivity index is 2.28. The molecular weight excluding hydrogens is 506 g/mol. The van der Waals surface area contributed by atoms with Crippen LogP contribution in [-0.4, -0.2) is 0 Å². The zero-order valence-corrected chi connectivity index (χ0v) is 14.6. The molecule has 0 aliphatic heterocycles. The first kappa shape index (κ1) is 13.4. The van der Waals surface area contributed by atoms with Crippen LogP contribution in [0.2, 0.25) is 0 Å². The first-order chi connectivity index (χ1) is 8.06. The summed E-state index contributed by atoms with van der Waals surface area (Å²) in [5, 5.41) is 3.31. The molecule has 0 saturated carbocycles. The quantitative estimate of drug-likeness (QED) is 0.438. The van der Waals surface area contributed by atoms with E-state index in [1.165, 1.54) is 3.57 Å². The number of anilines is 3. The Kier molecular flexibility index (Phi) is 4.53. The largest absolute Gasteiger partial charge is 0.397 e. The topological polar surface area (TPSA) is 38.0 Å². The van der Waals surface area contributed by atoms with Gasteiger partial charge in [0, 0.05) is 17.3 Å². The number of nitrogens with two attached hydrogens (primary N) is 1. The third-order valence-electron chi connectivity index (χ3n) is 2.21. The minimum absolute atomic E-state index is 0.756. The van der Waals surface area contributed by atoms with E-state index >= 15 is 0 Å². The van der Waals surface area contributed by atoms with Gasteiger partial charge in [-0.15, -0.1) is 0 Å². The van der Waals surface area contributed by atoms with Gasteiger partial charge >= 0.3 is 0 Å². The van der Waals surface area contributed by atoms with E-state index in [2.05, 4.69) is 72.5 Å². The molecule has 0 atom stereocenters. The van der Waals surface area contributed by atoms with Gasteiger partial charge < -0.3 is 11.1 Å². The zero-order chi connectivity index (χ0) is 12.4. The summed E-state index contributed by atoms with van der Waals surface area (Å²) >= 11 is 8.04. The molecule has 2 aromatic carbocycles. The second kappa shape index (κ2) is 5.75. The third kappa shape index (κ3) is 3.47. The average Bonchev–Trinajstić information content (AvgIpc) is 2.27. The van der Waals surface area contributed by atoms with Crippen LogP contribution in [0.15, 0.2) is 40.9 Å². The van der Waals surface area contributed by atoms with E-state index in [4.69, 9.17) is 5.73 Å². The van der Waals surface area contributed by atoms with Crippen molar-refractivity contribution >= 4 is 78.2 Å². The van der Waals surface area contributed by atoms with Gasteiger partial charge in [0.15, 0.2) is 0 Å². The number of nitrogens with one attached hydrogen (secondary N) is 1. The summed E-state index contributed by atoms with van der Waals surface area (Å²) in [7, 11) is 0. The highest BCUT2D eigenvalue weighted by atomic mass is 127. The molecule has 2 nitrogen and oxygen atoms in total. The number of nitrogen functional groups attached to an aromatic ring is 1. The Hall–Kier alpha value is -0.0200. The molecule has 0 fully saturated rings. The normalized spacial score (nSPS) is 10.3. The van der Waals surface area contributed by atoms with Crippen LogP contribution >= 0.6 is 61.1 Å². The highest BCUT2D eigenvalue weighted by Crippen LogP contribution is 2.28. The van der Waals surface area contributed by atoms with E-state index < -0.39 is 0 Å². The SMILES string of the molecule is Nc1cc(I)ccc1Nc1ccc(I)c(Br)c1. The van der Waals surface area contributed by atoms with Crippen molar-refractivity contribution in [3.63, 3.8) is 0 Å². The summed E-state index contributed by atoms with van der Waals surface area (Å²) < 4.78 is 3.39. The summed E-state index contributed by atoms with van der Waals surface area (Å²) in [6, 6.07) is 12.1. The molecule has 0 aliphatic carbocycles. The number of halogens is 3. The van der Waals surface area contributed by atoms with E-state index in [-0.39, 0.29) is 0 Å². The Morgan fingerprint density at radius 3 is 2.47 bits per heavy atom. The molecule has 17 heavy (non-hydrogen) atoms. The maximum absolute atomic E-state index is 5.96. The van der Waals surface area contributed by atoms with Crippen molar-refractivity contribution in [2.75, 3.05) is 11.1 Å². The molecule has 2 rings (SSSR count). The first-order valence-corrected chi connectivity index (χ1v) is 7.78. The van der Waals surface area contributed by atoms with E-state index in [1.54, 1.807) is 0 Å². The van der Waals surface area contributed by atoms with Crippen molar-refractivity contribution in [3.8, 4) is 0 Å². The summed E-state index contributed by atoms with van der Waals surface area (Å²) in [6.07, 6.45) is 0. The minimum atomic E-state index is 0.756. The van der Waals surface area contributed by atoms with Crippen LogP contribution < -0.4 is 11.1 Å².